The number of hydrogen-bond donors (Lipinski definition) is 1. The number of benzene rings is 1. The average molecular weight is 279 g/mol. The van der Waals surface area contributed by atoms with E-state index in [9.17, 15) is 20.0 Å². The van der Waals surface area contributed by atoms with E-state index >= 15 is 0 Å². The molecule has 2 rings (SSSR count). The Kier molecular flexibility index (Phi) is 4.34. The molecule has 0 atom stereocenters. The van der Waals surface area contributed by atoms with Gasteiger partial charge < -0.3 is 9.84 Å². The summed E-state index contributed by atoms with van der Waals surface area (Å²) in [4.78, 5) is 21.6. The minimum atomic E-state index is -0.775. The highest BCUT2D eigenvalue weighted by Crippen LogP contribution is 2.35. The Balaban J connectivity index is 2.02. The van der Waals surface area contributed by atoms with Crippen LogP contribution in [-0.4, -0.2) is 29.2 Å². The second kappa shape index (κ2) is 6.00. The number of nitro groups is 1. The van der Waals surface area contributed by atoms with Gasteiger partial charge in [-0.15, -0.1) is 0 Å². The summed E-state index contributed by atoms with van der Waals surface area (Å²) in [7, 11) is 0. The van der Waals surface area contributed by atoms with Crippen LogP contribution in [0.3, 0.4) is 0 Å². The van der Waals surface area contributed by atoms with E-state index in [4.69, 9.17) is 4.74 Å². The van der Waals surface area contributed by atoms with Crippen LogP contribution in [0.4, 0.5) is 5.69 Å². The lowest BCUT2D eigenvalue weighted by molar-refractivity contribution is -0.384. The molecule has 1 heterocycles. The van der Waals surface area contributed by atoms with Crippen LogP contribution in [0.5, 0.6) is 0 Å². The summed E-state index contributed by atoms with van der Waals surface area (Å²) < 4.78 is 5.23. The van der Waals surface area contributed by atoms with E-state index in [1.54, 1.807) is 12.1 Å². The monoisotopic (exact) mass is 279 g/mol. The van der Waals surface area contributed by atoms with Crippen molar-refractivity contribution < 1.29 is 19.6 Å². The van der Waals surface area contributed by atoms with E-state index in [1.807, 2.05) is 0 Å². The lowest BCUT2D eigenvalue weighted by atomic mass is 9.76. The third-order valence-electron chi connectivity index (χ3n) is 3.94. The van der Waals surface area contributed by atoms with E-state index in [-0.39, 0.29) is 5.69 Å². The largest absolute Gasteiger partial charge is 0.481 e. The molecule has 0 aliphatic carbocycles. The maximum Gasteiger partial charge on any atom is 0.309 e. The summed E-state index contributed by atoms with van der Waals surface area (Å²) in [5, 5.41) is 20.0. The molecular formula is C14H17NO5. The van der Waals surface area contributed by atoms with Gasteiger partial charge in [0.2, 0.25) is 0 Å². The second-order valence-corrected chi connectivity index (χ2v) is 5.12. The van der Waals surface area contributed by atoms with Gasteiger partial charge in [-0.05, 0) is 31.2 Å². The Morgan fingerprint density at radius 2 is 1.90 bits per heavy atom. The lowest BCUT2D eigenvalue weighted by Crippen LogP contribution is -2.37. The molecular weight excluding hydrogens is 262 g/mol. The van der Waals surface area contributed by atoms with Crippen LogP contribution in [0, 0.1) is 15.5 Å². The van der Waals surface area contributed by atoms with Crippen LogP contribution in [-0.2, 0) is 16.0 Å². The Morgan fingerprint density at radius 1 is 1.30 bits per heavy atom. The van der Waals surface area contributed by atoms with Crippen molar-refractivity contribution in [3.8, 4) is 0 Å². The Labute approximate surface area is 116 Å². The van der Waals surface area contributed by atoms with Gasteiger partial charge in [-0.2, -0.15) is 0 Å². The number of rotatable bonds is 5. The predicted molar refractivity (Wildman–Crippen MR) is 71.5 cm³/mol. The number of aryl methyl sites for hydroxylation is 1. The number of nitro benzene ring substituents is 1. The van der Waals surface area contributed by atoms with Crippen LogP contribution in [0.1, 0.15) is 24.8 Å². The molecule has 0 bridgehead atoms. The molecule has 0 spiro atoms. The number of hydrogen-bond acceptors (Lipinski definition) is 4. The predicted octanol–water partition coefficient (Wildman–Crippen LogP) is 2.41. The van der Waals surface area contributed by atoms with Crippen molar-refractivity contribution >= 4 is 11.7 Å². The van der Waals surface area contributed by atoms with Crippen molar-refractivity contribution in [3.63, 3.8) is 0 Å². The number of carboxylic acids is 1. The van der Waals surface area contributed by atoms with E-state index in [1.165, 1.54) is 12.1 Å². The molecule has 20 heavy (non-hydrogen) atoms. The van der Waals surface area contributed by atoms with E-state index in [0.717, 1.165) is 5.56 Å². The first kappa shape index (κ1) is 14.5. The molecule has 1 aliphatic rings. The molecule has 0 aromatic heterocycles. The fourth-order valence-corrected chi connectivity index (χ4v) is 2.50. The van der Waals surface area contributed by atoms with Gasteiger partial charge in [0, 0.05) is 25.3 Å². The van der Waals surface area contributed by atoms with Gasteiger partial charge in [-0.25, -0.2) is 0 Å². The van der Waals surface area contributed by atoms with Gasteiger partial charge in [0.25, 0.3) is 5.69 Å². The standard InChI is InChI=1S/C14H17NO5/c16-13(17)14(7-9-20-10-8-14)6-5-11-1-3-12(4-2-11)15(18)19/h1-4H,5-10H2,(H,16,17). The van der Waals surface area contributed by atoms with Crippen molar-refractivity contribution in [2.75, 3.05) is 13.2 Å². The number of ether oxygens (including phenoxy) is 1. The minimum absolute atomic E-state index is 0.0489. The molecule has 1 aromatic rings. The van der Waals surface area contributed by atoms with E-state index < -0.39 is 16.3 Å². The SMILES string of the molecule is O=C(O)C1(CCc2ccc([N+](=O)[O-])cc2)CCOCC1. The summed E-state index contributed by atoms with van der Waals surface area (Å²) in [5.74, 6) is -0.775. The first-order valence-electron chi connectivity index (χ1n) is 6.58. The number of non-ortho nitro benzene ring substituents is 1. The van der Waals surface area contributed by atoms with Gasteiger partial charge in [0.05, 0.1) is 10.3 Å². The van der Waals surface area contributed by atoms with Gasteiger partial charge in [0.15, 0.2) is 0 Å². The first-order chi connectivity index (χ1) is 9.53. The third-order valence-corrected chi connectivity index (χ3v) is 3.94. The molecule has 1 aliphatic heterocycles. The molecule has 1 fully saturated rings. The highest BCUT2D eigenvalue weighted by atomic mass is 16.6. The molecule has 1 saturated heterocycles. The van der Waals surface area contributed by atoms with E-state index in [0.29, 0.717) is 38.9 Å². The molecule has 108 valence electrons. The summed E-state index contributed by atoms with van der Waals surface area (Å²) in [6.07, 6.45) is 2.18. The van der Waals surface area contributed by atoms with Gasteiger partial charge in [-0.3, -0.25) is 14.9 Å². The van der Waals surface area contributed by atoms with Gasteiger partial charge in [0.1, 0.15) is 0 Å². The van der Waals surface area contributed by atoms with Gasteiger partial charge >= 0.3 is 5.97 Å². The van der Waals surface area contributed by atoms with Crippen LogP contribution in [0.25, 0.3) is 0 Å². The van der Waals surface area contributed by atoms with Crippen molar-refractivity contribution in [1.82, 2.24) is 0 Å². The topological polar surface area (TPSA) is 89.7 Å². The molecule has 6 nitrogen and oxygen atoms in total. The molecule has 0 radical (unpaired) electrons. The zero-order chi connectivity index (χ0) is 14.6. The maximum atomic E-state index is 11.5. The molecule has 6 heteroatoms. The molecule has 0 amide bonds. The van der Waals surface area contributed by atoms with Crippen molar-refractivity contribution in [2.45, 2.75) is 25.7 Å². The smallest absolute Gasteiger partial charge is 0.309 e. The molecule has 0 unspecified atom stereocenters. The Hall–Kier alpha value is -1.95. The van der Waals surface area contributed by atoms with Crippen LogP contribution < -0.4 is 0 Å². The Morgan fingerprint density at radius 3 is 2.40 bits per heavy atom. The van der Waals surface area contributed by atoms with Crippen molar-refractivity contribution in [3.05, 3.63) is 39.9 Å². The zero-order valence-corrected chi connectivity index (χ0v) is 11.1. The van der Waals surface area contributed by atoms with Gasteiger partial charge in [-0.1, -0.05) is 12.1 Å². The average Bonchev–Trinajstić information content (AvgIpc) is 2.46. The van der Waals surface area contributed by atoms with Crippen LogP contribution in [0.15, 0.2) is 24.3 Å². The molecule has 0 saturated carbocycles. The summed E-state index contributed by atoms with van der Waals surface area (Å²) in [5.41, 5.74) is 0.246. The number of aliphatic carboxylic acids is 1. The first-order valence-corrected chi connectivity index (χ1v) is 6.58. The fraction of sp³-hybridized carbons (Fsp3) is 0.500. The van der Waals surface area contributed by atoms with Crippen LogP contribution in [0.2, 0.25) is 0 Å². The molecule has 1 aromatic carbocycles. The quantitative estimate of drug-likeness (QED) is 0.660. The normalized spacial score (nSPS) is 17.6. The lowest BCUT2D eigenvalue weighted by Gasteiger charge is -2.33. The number of nitrogens with zero attached hydrogens (tertiary/aromatic N) is 1. The summed E-state index contributed by atoms with van der Waals surface area (Å²) >= 11 is 0. The minimum Gasteiger partial charge on any atom is -0.481 e. The fourth-order valence-electron chi connectivity index (χ4n) is 2.50. The van der Waals surface area contributed by atoms with Crippen LogP contribution >= 0.6 is 0 Å². The Bertz CT molecular complexity index is 491. The zero-order valence-electron chi connectivity index (χ0n) is 11.1. The number of carbonyl (C=O) groups is 1. The third kappa shape index (κ3) is 3.14. The summed E-state index contributed by atoms with van der Waals surface area (Å²) in [6.45, 7) is 0.957. The second-order valence-electron chi connectivity index (χ2n) is 5.12. The van der Waals surface area contributed by atoms with Crippen molar-refractivity contribution in [1.29, 1.82) is 0 Å². The maximum absolute atomic E-state index is 11.5. The summed E-state index contributed by atoms with van der Waals surface area (Å²) in [6, 6.07) is 6.28. The number of carboxylic acid groups (broad SMARTS) is 1. The highest BCUT2D eigenvalue weighted by molar-refractivity contribution is 5.74. The van der Waals surface area contributed by atoms with Crippen molar-refractivity contribution in [2.24, 2.45) is 5.41 Å². The molecule has 1 N–H and O–H groups in total. The highest BCUT2D eigenvalue weighted by Gasteiger charge is 2.39. The van der Waals surface area contributed by atoms with E-state index in [2.05, 4.69) is 0 Å².